The normalized spacial score (nSPS) is 13.1. The van der Waals surface area contributed by atoms with Gasteiger partial charge in [0.15, 0.2) is 0 Å². The van der Waals surface area contributed by atoms with Crippen LogP contribution >= 0.6 is 27.5 Å². The molecule has 0 radical (unpaired) electrons. The van der Waals surface area contributed by atoms with E-state index in [-0.39, 0.29) is 0 Å². The maximum Gasteiger partial charge on any atom is 0.0762 e. The molecule has 0 spiro atoms. The maximum absolute atomic E-state index is 9.19. The van der Waals surface area contributed by atoms with Gasteiger partial charge in [-0.3, -0.25) is 0 Å². The molecule has 0 unspecified atom stereocenters. The Bertz CT molecular complexity index is 240. The Morgan fingerprint density at radius 3 is 2.55 bits per heavy atom. The van der Waals surface area contributed by atoms with E-state index < -0.39 is 6.10 Å². The molecule has 0 aliphatic rings. The third-order valence-electron chi connectivity index (χ3n) is 1.37. The molecule has 0 saturated carbocycles. The second kappa shape index (κ2) is 3.57. The molecule has 1 aromatic rings. The van der Waals surface area contributed by atoms with Crippen molar-refractivity contribution < 1.29 is 5.11 Å². The molecular formula is C8H8BrClO. The number of benzene rings is 1. The van der Waals surface area contributed by atoms with Gasteiger partial charge < -0.3 is 5.11 Å². The van der Waals surface area contributed by atoms with Crippen LogP contribution in [0.25, 0.3) is 0 Å². The summed E-state index contributed by atoms with van der Waals surface area (Å²) >= 11 is 9.04. The molecule has 1 aromatic carbocycles. The molecule has 1 N–H and O–H groups in total. The quantitative estimate of drug-likeness (QED) is 0.793. The smallest absolute Gasteiger partial charge is 0.0762 e. The summed E-state index contributed by atoms with van der Waals surface area (Å²) in [6.07, 6.45) is -0.468. The lowest BCUT2D eigenvalue weighted by atomic mass is 10.1. The Balaban J connectivity index is 3.08. The SMILES string of the molecule is C[C@H](O)c1cc(Cl)cc(Br)c1. The number of aliphatic hydroxyl groups excluding tert-OH is 1. The molecule has 0 heterocycles. The van der Waals surface area contributed by atoms with Gasteiger partial charge in [0.2, 0.25) is 0 Å². The first-order valence-corrected chi connectivity index (χ1v) is 4.41. The van der Waals surface area contributed by atoms with Gasteiger partial charge in [0.1, 0.15) is 0 Å². The highest BCUT2D eigenvalue weighted by molar-refractivity contribution is 9.10. The van der Waals surface area contributed by atoms with Crippen molar-refractivity contribution in [3.8, 4) is 0 Å². The molecule has 0 aromatic heterocycles. The molecule has 0 aliphatic heterocycles. The molecule has 1 nitrogen and oxygen atoms in total. The van der Waals surface area contributed by atoms with E-state index >= 15 is 0 Å². The van der Waals surface area contributed by atoms with Crippen LogP contribution in [-0.4, -0.2) is 5.11 Å². The fourth-order valence-electron chi connectivity index (χ4n) is 0.816. The van der Waals surface area contributed by atoms with Crippen molar-refractivity contribution in [1.82, 2.24) is 0 Å². The van der Waals surface area contributed by atoms with Crippen LogP contribution in [0.3, 0.4) is 0 Å². The van der Waals surface area contributed by atoms with Gasteiger partial charge in [-0.05, 0) is 30.7 Å². The van der Waals surface area contributed by atoms with Crippen LogP contribution < -0.4 is 0 Å². The fourth-order valence-corrected chi connectivity index (χ4v) is 1.70. The zero-order valence-electron chi connectivity index (χ0n) is 6.01. The Morgan fingerprint density at radius 2 is 2.09 bits per heavy atom. The summed E-state index contributed by atoms with van der Waals surface area (Å²) in [7, 11) is 0. The molecule has 3 heteroatoms. The topological polar surface area (TPSA) is 20.2 Å². The van der Waals surface area contributed by atoms with Crippen LogP contribution in [0.5, 0.6) is 0 Å². The lowest BCUT2D eigenvalue weighted by Gasteiger charge is -2.04. The molecule has 11 heavy (non-hydrogen) atoms. The summed E-state index contributed by atoms with van der Waals surface area (Å²) < 4.78 is 0.890. The molecule has 0 aliphatic carbocycles. The molecule has 0 amide bonds. The van der Waals surface area contributed by atoms with Crippen molar-refractivity contribution in [2.24, 2.45) is 0 Å². The molecule has 0 saturated heterocycles. The van der Waals surface area contributed by atoms with E-state index in [1.165, 1.54) is 0 Å². The second-order valence-electron chi connectivity index (χ2n) is 2.38. The van der Waals surface area contributed by atoms with Crippen LogP contribution in [-0.2, 0) is 0 Å². The number of aliphatic hydroxyl groups is 1. The van der Waals surface area contributed by atoms with Gasteiger partial charge in [-0.15, -0.1) is 0 Å². The van der Waals surface area contributed by atoms with Crippen LogP contribution in [0.2, 0.25) is 5.02 Å². The Kier molecular flexibility index (Phi) is 2.93. The maximum atomic E-state index is 9.19. The van der Waals surface area contributed by atoms with Gasteiger partial charge in [0.05, 0.1) is 6.10 Å². The fraction of sp³-hybridized carbons (Fsp3) is 0.250. The lowest BCUT2D eigenvalue weighted by molar-refractivity contribution is 0.199. The predicted molar refractivity (Wildman–Crippen MR) is 49.8 cm³/mol. The average molecular weight is 236 g/mol. The average Bonchev–Trinajstić information content (AvgIpc) is 1.85. The van der Waals surface area contributed by atoms with E-state index in [0.29, 0.717) is 5.02 Å². The van der Waals surface area contributed by atoms with Crippen LogP contribution in [0, 0.1) is 0 Å². The van der Waals surface area contributed by atoms with E-state index in [0.717, 1.165) is 10.0 Å². The largest absolute Gasteiger partial charge is 0.389 e. The minimum absolute atomic E-state index is 0.468. The Labute approximate surface area is 79.1 Å². The highest BCUT2D eigenvalue weighted by atomic mass is 79.9. The van der Waals surface area contributed by atoms with E-state index in [1.807, 2.05) is 6.07 Å². The van der Waals surface area contributed by atoms with E-state index in [4.69, 9.17) is 11.6 Å². The first-order chi connectivity index (χ1) is 5.09. The highest BCUT2D eigenvalue weighted by Crippen LogP contribution is 2.23. The van der Waals surface area contributed by atoms with Gasteiger partial charge in [0, 0.05) is 9.50 Å². The van der Waals surface area contributed by atoms with Crippen LogP contribution in [0.4, 0.5) is 0 Å². The first kappa shape index (κ1) is 9.04. The van der Waals surface area contributed by atoms with E-state index in [2.05, 4.69) is 15.9 Å². The van der Waals surface area contributed by atoms with Crippen molar-refractivity contribution in [1.29, 1.82) is 0 Å². The van der Waals surface area contributed by atoms with Gasteiger partial charge in [-0.1, -0.05) is 27.5 Å². The van der Waals surface area contributed by atoms with Crippen molar-refractivity contribution in [2.75, 3.05) is 0 Å². The molecule has 60 valence electrons. The number of hydrogen-bond acceptors (Lipinski definition) is 1. The molecular weight excluding hydrogens is 227 g/mol. The summed E-state index contributed by atoms with van der Waals surface area (Å²) in [5, 5.41) is 9.83. The number of hydrogen-bond donors (Lipinski definition) is 1. The van der Waals surface area contributed by atoms with Gasteiger partial charge >= 0.3 is 0 Å². The van der Waals surface area contributed by atoms with Gasteiger partial charge in [-0.2, -0.15) is 0 Å². The van der Waals surface area contributed by atoms with Crippen LogP contribution in [0.1, 0.15) is 18.6 Å². The van der Waals surface area contributed by atoms with E-state index in [9.17, 15) is 5.11 Å². The van der Waals surface area contributed by atoms with Crippen molar-refractivity contribution in [3.63, 3.8) is 0 Å². The van der Waals surface area contributed by atoms with Crippen molar-refractivity contribution >= 4 is 27.5 Å². The summed E-state index contributed by atoms with van der Waals surface area (Å²) in [6, 6.07) is 5.38. The summed E-state index contributed by atoms with van der Waals surface area (Å²) in [5.74, 6) is 0. The van der Waals surface area contributed by atoms with Gasteiger partial charge in [0.25, 0.3) is 0 Å². The third-order valence-corrected chi connectivity index (χ3v) is 2.04. The van der Waals surface area contributed by atoms with Crippen molar-refractivity contribution in [2.45, 2.75) is 13.0 Å². The second-order valence-corrected chi connectivity index (χ2v) is 3.73. The molecule has 1 rings (SSSR count). The zero-order chi connectivity index (χ0) is 8.43. The number of halogens is 2. The number of rotatable bonds is 1. The van der Waals surface area contributed by atoms with Crippen LogP contribution in [0.15, 0.2) is 22.7 Å². The molecule has 1 atom stereocenters. The van der Waals surface area contributed by atoms with E-state index in [1.54, 1.807) is 19.1 Å². The summed E-state index contributed by atoms with van der Waals surface area (Å²) in [4.78, 5) is 0. The predicted octanol–water partition coefficient (Wildman–Crippen LogP) is 3.16. The minimum atomic E-state index is -0.468. The molecule has 0 bridgehead atoms. The Hall–Kier alpha value is -0.0500. The Morgan fingerprint density at radius 1 is 1.45 bits per heavy atom. The van der Waals surface area contributed by atoms with Crippen molar-refractivity contribution in [3.05, 3.63) is 33.3 Å². The minimum Gasteiger partial charge on any atom is -0.389 e. The first-order valence-electron chi connectivity index (χ1n) is 3.23. The zero-order valence-corrected chi connectivity index (χ0v) is 8.35. The molecule has 0 fully saturated rings. The highest BCUT2D eigenvalue weighted by Gasteiger charge is 2.02. The standard InChI is InChI=1S/C8H8BrClO/c1-5(11)6-2-7(9)4-8(10)3-6/h2-5,11H,1H3/t5-/m0/s1. The monoisotopic (exact) mass is 234 g/mol. The van der Waals surface area contributed by atoms with Gasteiger partial charge in [-0.25, -0.2) is 0 Å². The summed E-state index contributed by atoms with van der Waals surface area (Å²) in [6.45, 7) is 1.71. The summed E-state index contributed by atoms with van der Waals surface area (Å²) in [5.41, 5.74) is 0.823. The third kappa shape index (κ3) is 2.47. The lowest BCUT2D eigenvalue weighted by Crippen LogP contribution is -1.89.